The number of carbonyl (C=O) groups is 2. The Kier molecular flexibility index (Phi) is 6.16. The van der Waals surface area contributed by atoms with Gasteiger partial charge in [0, 0.05) is 24.9 Å². The summed E-state index contributed by atoms with van der Waals surface area (Å²) in [6, 6.07) is 6.09. The standard InChI is InChI=1S/C15H21N3O5S/c1-16-14(19)9-17-15(20)11-4-2-5-12(8-11)18-24(21,22)10-13-6-3-7-23-13/h2,4-5,8,13,18H,3,6-7,9-10H2,1H3,(H,16,19)(H,17,20). The molecule has 1 aromatic rings. The van der Waals surface area contributed by atoms with Gasteiger partial charge in [0.2, 0.25) is 15.9 Å². The Morgan fingerprint density at radius 2 is 2.12 bits per heavy atom. The number of ether oxygens (including phenoxy) is 1. The molecule has 1 aromatic carbocycles. The van der Waals surface area contributed by atoms with E-state index in [9.17, 15) is 18.0 Å². The molecule has 1 aliphatic heterocycles. The second kappa shape index (κ2) is 8.11. The van der Waals surface area contributed by atoms with E-state index in [1.165, 1.54) is 19.2 Å². The third-order valence-corrected chi connectivity index (χ3v) is 4.87. The monoisotopic (exact) mass is 355 g/mol. The number of benzene rings is 1. The van der Waals surface area contributed by atoms with Crippen molar-refractivity contribution in [1.82, 2.24) is 10.6 Å². The number of anilines is 1. The average molecular weight is 355 g/mol. The Labute approximate surface area is 141 Å². The molecule has 3 N–H and O–H groups in total. The van der Waals surface area contributed by atoms with Gasteiger partial charge < -0.3 is 15.4 Å². The predicted molar refractivity (Wildman–Crippen MR) is 89.2 cm³/mol. The highest BCUT2D eigenvalue weighted by atomic mass is 32.2. The van der Waals surface area contributed by atoms with Gasteiger partial charge in [0.25, 0.3) is 5.91 Å². The van der Waals surface area contributed by atoms with E-state index in [0.29, 0.717) is 12.3 Å². The molecule has 1 saturated heterocycles. The quantitative estimate of drug-likeness (QED) is 0.641. The van der Waals surface area contributed by atoms with E-state index >= 15 is 0 Å². The normalized spacial score (nSPS) is 17.3. The van der Waals surface area contributed by atoms with E-state index in [0.717, 1.165) is 12.8 Å². The Hall–Kier alpha value is -2.13. The minimum absolute atomic E-state index is 0.111. The lowest BCUT2D eigenvalue weighted by atomic mass is 10.2. The van der Waals surface area contributed by atoms with E-state index in [1.54, 1.807) is 12.1 Å². The fraction of sp³-hybridized carbons (Fsp3) is 0.467. The van der Waals surface area contributed by atoms with Gasteiger partial charge in [-0.2, -0.15) is 0 Å². The molecule has 2 amide bonds. The summed E-state index contributed by atoms with van der Waals surface area (Å²) in [5, 5.41) is 4.84. The summed E-state index contributed by atoms with van der Waals surface area (Å²) in [6.45, 7) is 0.436. The van der Waals surface area contributed by atoms with Crippen molar-refractivity contribution in [2.45, 2.75) is 18.9 Å². The molecule has 9 heteroatoms. The van der Waals surface area contributed by atoms with Crippen molar-refractivity contribution in [2.75, 3.05) is 30.7 Å². The first-order chi connectivity index (χ1) is 11.4. The molecule has 8 nitrogen and oxygen atoms in total. The summed E-state index contributed by atoms with van der Waals surface area (Å²) in [5.41, 5.74) is 0.553. The van der Waals surface area contributed by atoms with Crippen LogP contribution in [0.4, 0.5) is 5.69 Å². The number of likely N-dealkylation sites (N-methyl/N-ethyl adjacent to an activating group) is 1. The number of hydrogen-bond donors (Lipinski definition) is 3. The summed E-state index contributed by atoms with van der Waals surface area (Å²) >= 11 is 0. The molecule has 132 valence electrons. The van der Waals surface area contributed by atoms with E-state index in [2.05, 4.69) is 15.4 Å². The average Bonchev–Trinajstić information content (AvgIpc) is 3.04. The number of carbonyl (C=O) groups excluding carboxylic acids is 2. The van der Waals surface area contributed by atoms with Gasteiger partial charge in [0.15, 0.2) is 0 Å². The molecule has 2 rings (SSSR count). The molecule has 1 unspecified atom stereocenters. The highest BCUT2D eigenvalue weighted by Gasteiger charge is 2.23. The summed E-state index contributed by atoms with van der Waals surface area (Å²) in [6.07, 6.45) is 1.30. The number of nitrogens with one attached hydrogen (secondary N) is 3. The molecule has 0 spiro atoms. The van der Waals surface area contributed by atoms with E-state index in [1.807, 2.05) is 0 Å². The smallest absolute Gasteiger partial charge is 0.251 e. The van der Waals surface area contributed by atoms with Gasteiger partial charge in [0.1, 0.15) is 0 Å². The summed E-state index contributed by atoms with van der Waals surface area (Å²) in [7, 11) is -2.09. The van der Waals surface area contributed by atoms with Crippen LogP contribution in [0.5, 0.6) is 0 Å². The van der Waals surface area contributed by atoms with Gasteiger partial charge in [-0.05, 0) is 31.0 Å². The number of rotatable bonds is 7. The van der Waals surface area contributed by atoms with Crippen LogP contribution >= 0.6 is 0 Å². The second-order valence-corrected chi connectivity index (χ2v) is 7.22. The van der Waals surface area contributed by atoms with Gasteiger partial charge in [-0.3, -0.25) is 14.3 Å². The van der Waals surface area contributed by atoms with Gasteiger partial charge in [0.05, 0.1) is 18.4 Å². The SMILES string of the molecule is CNC(=O)CNC(=O)c1cccc(NS(=O)(=O)CC2CCCO2)c1. The maximum atomic E-state index is 12.1. The molecule has 0 saturated carbocycles. The Bertz CT molecular complexity index is 699. The predicted octanol–water partition coefficient (Wildman–Crippen LogP) is 0.0831. The fourth-order valence-corrected chi connectivity index (χ4v) is 3.64. The van der Waals surface area contributed by atoms with Crippen LogP contribution in [0.15, 0.2) is 24.3 Å². The summed E-state index contributed by atoms with van der Waals surface area (Å²) in [4.78, 5) is 23.1. The van der Waals surface area contributed by atoms with Crippen LogP contribution in [0.1, 0.15) is 23.2 Å². The van der Waals surface area contributed by atoms with Crippen molar-refractivity contribution in [3.63, 3.8) is 0 Å². The lowest BCUT2D eigenvalue weighted by molar-refractivity contribution is -0.119. The highest BCUT2D eigenvalue weighted by molar-refractivity contribution is 7.92. The van der Waals surface area contributed by atoms with Crippen LogP contribution in [-0.4, -0.2) is 52.3 Å². The van der Waals surface area contributed by atoms with Gasteiger partial charge in [-0.1, -0.05) is 6.07 Å². The zero-order valence-corrected chi connectivity index (χ0v) is 14.2. The molecule has 0 bridgehead atoms. The molecule has 1 atom stereocenters. The van der Waals surface area contributed by atoms with Crippen molar-refractivity contribution >= 4 is 27.5 Å². The number of amides is 2. The molecule has 24 heavy (non-hydrogen) atoms. The third kappa shape index (κ3) is 5.50. The molecule has 0 radical (unpaired) electrons. The maximum absolute atomic E-state index is 12.1. The van der Waals surface area contributed by atoms with E-state index < -0.39 is 15.9 Å². The first-order valence-corrected chi connectivity index (χ1v) is 9.26. The first-order valence-electron chi connectivity index (χ1n) is 7.60. The van der Waals surface area contributed by atoms with Crippen molar-refractivity contribution in [2.24, 2.45) is 0 Å². The minimum Gasteiger partial charge on any atom is -0.377 e. The lowest BCUT2D eigenvalue weighted by Crippen LogP contribution is -2.35. The van der Waals surface area contributed by atoms with Gasteiger partial charge in [-0.25, -0.2) is 8.42 Å². The van der Waals surface area contributed by atoms with Crippen LogP contribution in [0.3, 0.4) is 0 Å². The molecule has 1 fully saturated rings. The number of hydrogen-bond acceptors (Lipinski definition) is 5. The molecule has 0 aromatic heterocycles. The van der Waals surface area contributed by atoms with Gasteiger partial charge >= 0.3 is 0 Å². The topological polar surface area (TPSA) is 114 Å². The van der Waals surface area contributed by atoms with Crippen molar-refractivity contribution in [1.29, 1.82) is 0 Å². The maximum Gasteiger partial charge on any atom is 0.251 e. The Balaban J connectivity index is 1.98. The summed E-state index contributed by atoms with van der Waals surface area (Å²) < 4.78 is 32.1. The summed E-state index contributed by atoms with van der Waals surface area (Å²) in [5.74, 6) is -0.893. The molecule has 1 aliphatic rings. The van der Waals surface area contributed by atoms with Gasteiger partial charge in [-0.15, -0.1) is 0 Å². The largest absolute Gasteiger partial charge is 0.377 e. The van der Waals surface area contributed by atoms with E-state index in [-0.39, 0.29) is 29.9 Å². The Morgan fingerprint density at radius 3 is 2.79 bits per heavy atom. The van der Waals surface area contributed by atoms with Crippen molar-refractivity contribution in [3.8, 4) is 0 Å². The minimum atomic E-state index is -3.56. The van der Waals surface area contributed by atoms with Crippen LogP contribution < -0.4 is 15.4 Å². The fourth-order valence-electron chi connectivity index (χ4n) is 2.32. The van der Waals surface area contributed by atoms with Crippen molar-refractivity contribution < 1.29 is 22.7 Å². The van der Waals surface area contributed by atoms with Crippen LogP contribution in [-0.2, 0) is 19.6 Å². The highest BCUT2D eigenvalue weighted by Crippen LogP contribution is 2.17. The second-order valence-electron chi connectivity index (χ2n) is 5.46. The van der Waals surface area contributed by atoms with Crippen molar-refractivity contribution in [3.05, 3.63) is 29.8 Å². The molecular weight excluding hydrogens is 334 g/mol. The Morgan fingerprint density at radius 1 is 1.33 bits per heavy atom. The molecular formula is C15H21N3O5S. The number of sulfonamides is 1. The lowest BCUT2D eigenvalue weighted by Gasteiger charge is -2.13. The first kappa shape index (κ1) is 18.2. The van der Waals surface area contributed by atoms with Crippen LogP contribution in [0, 0.1) is 0 Å². The third-order valence-electron chi connectivity index (χ3n) is 3.52. The van der Waals surface area contributed by atoms with E-state index in [4.69, 9.17) is 4.74 Å². The zero-order chi connectivity index (χ0) is 17.6. The van der Waals surface area contributed by atoms with Crippen LogP contribution in [0.25, 0.3) is 0 Å². The van der Waals surface area contributed by atoms with Crippen LogP contribution in [0.2, 0.25) is 0 Å². The zero-order valence-electron chi connectivity index (χ0n) is 13.4. The molecule has 0 aliphatic carbocycles. The molecule has 1 heterocycles.